The van der Waals surface area contributed by atoms with Crippen LogP contribution in [-0.2, 0) is 17.8 Å². The summed E-state index contributed by atoms with van der Waals surface area (Å²) in [5.41, 5.74) is 0.936. The summed E-state index contributed by atoms with van der Waals surface area (Å²) in [6.45, 7) is 0.885. The maximum absolute atomic E-state index is 13.4. The summed E-state index contributed by atoms with van der Waals surface area (Å²) in [7, 11) is 0. The number of hydrogen-bond donors (Lipinski definition) is 1. The Hall–Kier alpha value is -2.33. The van der Waals surface area contributed by atoms with E-state index in [1.807, 2.05) is 0 Å². The molecule has 1 aliphatic rings. The van der Waals surface area contributed by atoms with Gasteiger partial charge in [0, 0.05) is 23.9 Å². The molecule has 0 unspecified atom stereocenters. The van der Waals surface area contributed by atoms with Crippen molar-refractivity contribution in [3.8, 4) is 11.3 Å². The number of aryl methyl sites for hydroxylation is 1. The van der Waals surface area contributed by atoms with Gasteiger partial charge in [-0.1, -0.05) is 18.2 Å². The van der Waals surface area contributed by atoms with E-state index >= 15 is 0 Å². The number of fused-ring (bicyclic) bond motifs is 1. The molecule has 0 saturated heterocycles. The molecular weight excluding hydrogens is 404 g/mol. The summed E-state index contributed by atoms with van der Waals surface area (Å²) in [6.07, 6.45) is 4.31. The Morgan fingerprint density at radius 3 is 2.96 bits per heavy atom. The fourth-order valence-electron chi connectivity index (χ4n) is 2.97. The van der Waals surface area contributed by atoms with Crippen molar-refractivity contribution in [3.63, 3.8) is 0 Å². The highest BCUT2D eigenvalue weighted by atomic mass is 32.2. The van der Waals surface area contributed by atoms with Crippen molar-refractivity contribution in [2.75, 3.05) is 11.1 Å². The van der Waals surface area contributed by atoms with Gasteiger partial charge in [-0.15, -0.1) is 21.5 Å². The Balaban J connectivity index is 1.36. The molecule has 6 nitrogen and oxygen atoms in total. The number of amides is 1. The number of thioether (sulfide) groups is 1. The summed E-state index contributed by atoms with van der Waals surface area (Å²) < 4.78 is 28.5. The predicted molar refractivity (Wildman–Crippen MR) is 104 cm³/mol. The van der Waals surface area contributed by atoms with Crippen LogP contribution in [0.1, 0.15) is 25.1 Å². The lowest BCUT2D eigenvalue weighted by molar-refractivity contribution is -0.113. The molecule has 1 aromatic carbocycles. The second-order valence-corrected chi connectivity index (χ2v) is 8.17. The average molecular weight is 421 g/mol. The Labute approximate surface area is 168 Å². The molecule has 0 fully saturated rings. The van der Waals surface area contributed by atoms with E-state index < -0.39 is 11.6 Å². The van der Waals surface area contributed by atoms with Gasteiger partial charge in [0.05, 0.1) is 11.4 Å². The van der Waals surface area contributed by atoms with Crippen LogP contribution in [0.4, 0.5) is 13.9 Å². The predicted octanol–water partition coefficient (Wildman–Crippen LogP) is 4.14. The molecule has 1 N–H and O–H groups in total. The molecule has 4 rings (SSSR count). The first-order chi connectivity index (χ1) is 13.6. The molecule has 0 bridgehead atoms. The van der Waals surface area contributed by atoms with Gasteiger partial charge in [0.1, 0.15) is 5.82 Å². The lowest BCUT2D eigenvalue weighted by Crippen LogP contribution is -2.14. The number of benzene rings is 1. The van der Waals surface area contributed by atoms with Crippen LogP contribution >= 0.6 is 23.1 Å². The molecule has 3 aromatic rings. The minimum Gasteiger partial charge on any atom is -0.306 e. The minimum atomic E-state index is -0.931. The Kier molecular flexibility index (Phi) is 5.67. The van der Waals surface area contributed by atoms with Gasteiger partial charge in [-0.05, 0) is 31.0 Å². The van der Waals surface area contributed by atoms with Crippen molar-refractivity contribution < 1.29 is 13.6 Å². The molecule has 0 aliphatic carbocycles. The zero-order valence-corrected chi connectivity index (χ0v) is 16.5. The van der Waals surface area contributed by atoms with E-state index in [4.69, 9.17) is 0 Å². The van der Waals surface area contributed by atoms with Gasteiger partial charge in [0.2, 0.25) is 5.91 Å². The average Bonchev–Trinajstić information content (AvgIpc) is 3.23. The van der Waals surface area contributed by atoms with Gasteiger partial charge in [-0.25, -0.2) is 13.8 Å². The molecule has 2 aromatic heterocycles. The summed E-state index contributed by atoms with van der Waals surface area (Å²) in [5, 5.41) is 14.0. The van der Waals surface area contributed by atoms with Crippen LogP contribution < -0.4 is 5.32 Å². The highest BCUT2D eigenvalue weighted by Gasteiger charge is 2.17. The van der Waals surface area contributed by atoms with E-state index in [1.165, 1.54) is 35.6 Å². The molecule has 146 valence electrons. The monoisotopic (exact) mass is 421 g/mol. The Morgan fingerprint density at radius 2 is 2.11 bits per heavy atom. The minimum absolute atomic E-state index is 0.193. The first kappa shape index (κ1) is 19.0. The zero-order chi connectivity index (χ0) is 19.5. The van der Waals surface area contributed by atoms with E-state index in [1.54, 1.807) is 5.38 Å². The van der Waals surface area contributed by atoms with Gasteiger partial charge >= 0.3 is 0 Å². The van der Waals surface area contributed by atoms with E-state index in [2.05, 4.69) is 25.1 Å². The second-order valence-electron chi connectivity index (χ2n) is 6.36. The first-order valence-corrected chi connectivity index (χ1v) is 10.7. The number of nitrogens with zero attached hydrogens (tertiary/aromatic N) is 4. The number of carbonyl (C=O) groups excluding carboxylic acids is 1. The smallest absolute Gasteiger partial charge is 0.236 e. The number of nitrogens with one attached hydrogen (secondary N) is 1. The second kappa shape index (κ2) is 8.36. The van der Waals surface area contributed by atoms with Gasteiger partial charge in [-0.2, -0.15) is 0 Å². The van der Waals surface area contributed by atoms with Crippen molar-refractivity contribution in [1.82, 2.24) is 19.7 Å². The lowest BCUT2D eigenvalue weighted by Gasteiger charge is -2.06. The van der Waals surface area contributed by atoms with Crippen LogP contribution in [0, 0.1) is 11.6 Å². The summed E-state index contributed by atoms with van der Waals surface area (Å²) in [4.78, 5) is 16.5. The molecular formula is C18H17F2N5OS2. The first-order valence-electron chi connectivity index (χ1n) is 8.86. The Morgan fingerprint density at radius 1 is 1.21 bits per heavy atom. The van der Waals surface area contributed by atoms with Crippen LogP contribution in [0.5, 0.6) is 0 Å². The number of carbonyl (C=O) groups is 1. The molecule has 0 spiro atoms. The van der Waals surface area contributed by atoms with Crippen molar-refractivity contribution in [3.05, 3.63) is 41.0 Å². The van der Waals surface area contributed by atoms with Crippen molar-refractivity contribution in [1.29, 1.82) is 0 Å². The zero-order valence-electron chi connectivity index (χ0n) is 14.8. The molecule has 1 aliphatic heterocycles. The maximum atomic E-state index is 13.4. The quantitative estimate of drug-likeness (QED) is 0.627. The van der Waals surface area contributed by atoms with Crippen molar-refractivity contribution in [2.45, 2.75) is 37.4 Å². The number of rotatable bonds is 5. The van der Waals surface area contributed by atoms with Crippen molar-refractivity contribution >= 4 is 34.1 Å². The largest absolute Gasteiger partial charge is 0.306 e. The summed E-state index contributed by atoms with van der Waals surface area (Å²) >= 11 is 2.58. The maximum Gasteiger partial charge on any atom is 0.236 e. The number of thiazole rings is 1. The molecule has 28 heavy (non-hydrogen) atoms. The molecule has 3 heterocycles. The van der Waals surface area contributed by atoms with Crippen LogP contribution in [0.3, 0.4) is 0 Å². The fraction of sp³-hybridized carbons (Fsp3) is 0.333. The van der Waals surface area contributed by atoms with Crippen LogP contribution in [0.2, 0.25) is 0 Å². The standard InChI is InChI=1S/C18H17F2N5OS2/c19-12-6-5-11(8-13(12)20)14-9-27-17(21-14)22-16(26)10-28-18-24-23-15-4-2-1-3-7-25(15)18/h5-6,8-9H,1-4,7,10H2,(H,21,22,26). The van der Waals surface area contributed by atoms with Gasteiger partial charge in [0.25, 0.3) is 0 Å². The van der Waals surface area contributed by atoms with E-state index in [-0.39, 0.29) is 11.7 Å². The highest BCUT2D eigenvalue weighted by molar-refractivity contribution is 7.99. The molecule has 10 heteroatoms. The number of anilines is 1. The third-order valence-corrected chi connectivity index (χ3v) is 6.10. The number of halogens is 2. The third-order valence-electron chi connectivity index (χ3n) is 4.37. The van der Waals surface area contributed by atoms with Gasteiger partial charge in [0.15, 0.2) is 21.9 Å². The topological polar surface area (TPSA) is 72.7 Å². The lowest BCUT2D eigenvalue weighted by atomic mass is 10.2. The number of hydrogen-bond acceptors (Lipinski definition) is 6. The third kappa shape index (κ3) is 4.22. The highest BCUT2D eigenvalue weighted by Crippen LogP contribution is 2.27. The number of aromatic nitrogens is 4. The van der Waals surface area contributed by atoms with E-state index in [0.717, 1.165) is 48.9 Å². The van der Waals surface area contributed by atoms with Crippen molar-refractivity contribution in [2.24, 2.45) is 0 Å². The molecule has 1 amide bonds. The van der Waals surface area contributed by atoms with Crippen LogP contribution in [-0.4, -0.2) is 31.4 Å². The molecule has 0 saturated carbocycles. The Bertz CT molecular complexity index is 1000. The fourth-order valence-corrected chi connectivity index (χ4v) is 4.49. The molecule has 0 atom stereocenters. The van der Waals surface area contributed by atoms with E-state index in [0.29, 0.717) is 16.4 Å². The summed E-state index contributed by atoms with van der Waals surface area (Å²) in [6, 6.07) is 3.59. The SMILES string of the molecule is O=C(CSc1nnc2n1CCCCC2)Nc1nc(-c2ccc(F)c(F)c2)cs1. The van der Waals surface area contributed by atoms with Crippen LogP contribution in [0.25, 0.3) is 11.3 Å². The van der Waals surface area contributed by atoms with Gasteiger partial charge < -0.3 is 9.88 Å². The van der Waals surface area contributed by atoms with Crippen LogP contribution in [0.15, 0.2) is 28.7 Å². The summed E-state index contributed by atoms with van der Waals surface area (Å²) in [5.74, 6) is -0.868. The normalized spacial score (nSPS) is 13.8. The van der Waals surface area contributed by atoms with E-state index in [9.17, 15) is 13.6 Å². The van der Waals surface area contributed by atoms with Gasteiger partial charge in [-0.3, -0.25) is 4.79 Å². The molecule has 0 radical (unpaired) electrons.